The first-order chi connectivity index (χ1) is 17.6. The van der Waals surface area contributed by atoms with Crippen molar-refractivity contribution in [2.24, 2.45) is 0 Å². The first kappa shape index (κ1) is 24.3. The molecule has 0 bridgehead atoms. The number of hydrogen-bond acceptors (Lipinski definition) is 6. The molecule has 0 radical (unpaired) electrons. The minimum Gasteiger partial charge on any atom is -0.497 e. The van der Waals surface area contributed by atoms with Crippen LogP contribution in [-0.2, 0) is 23.5 Å². The molecule has 1 aliphatic rings. The van der Waals surface area contributed by atoms with Gasteiger partial charge in [0.05, 0.1) is 11.3 Å². The van der Waals surface area contributed by atoms with E-state index in [9.17, 15) is 9.59 Å². The Morgan fingerprint density at radius 2 is 1.58 bits per heavy atom. The summed E-state index contributed by atoms with van der Waals surface area (Å²) in [4.78, 5) is 27.3. The Morgan fingerprint density at radius 1 is 0.917 bits per heavy atom. The van der Waals surface area contributed by atoms with Crippen LogP contribution in [0.3, 0.4) is 0 Å². The number of thioether (sulfide) groups is 1. The van der Waals surface area contributed by atoms with Crippen molar-refractivity contribution in [2.45, 2.75) is 35.3 Å². The van der Waals surface area contributed by atoms with E-state index in [0.717, 1.165) is 32.4 Å². The summed E-state index contributed by atoms with van der Waals surface area (Å²) >= 11 is 3.01. The Labute approximate surface area is 219 Å². The van der Waals surface area contributed by atoms with Gasteiger partial charge in [-0.3, -0.25) is 4.79 Å². The SMILES string of the molecule is COc1ccc(C2CC(=O)c3c(SCc4ccccc4)sc(C(=O)OCc4ccccc4)c3C2)cc1. The third-order valence-corrected chi connectivity index (χ3v) is 8.89. The Morgan fingerprint density at radius 3 is 2.25 bits per heavy atom. The van der Waals surface area contributed by atoms with Gasteiger partial charge < -0.3 is 9.47 Å². The van der Waals surface area contributed by atoms with Gasteiger partial charge in [-0.15, -0.1) is 23.1 Å². The minimum atomic E-state index is -0.366. The zero-order valence-electron chi connectivity index (χ0n) is 19.9. The van der Waals surface area contributed by atoms with E-state index in [-0.39, 0.29) is 24.3 Å². The summed E-state index contributed by atoms with van der Waals surface area (Å²) < 4.78 is 11.9. The third-order valence-electron chi connectivity index (χ3n) is 6.33. The van der Waals surface area contributed by atoms with E-state index in [2.05, 4.69) is 12.1 Å². The summed E-state index contributed by atoms with van der Waals surface area (Å²) in [7, 11) is 1.64. The topological polar surface area (TPSA) is 52.6 Å². The van der Waals surface area contributed by atoms with E-state index in [1.165, 1.54) is 16.9 Å². The summed E-state index contributed by atoms with van der Waals surface area (Å²) in [6.45, 7) is 0.203. The molecule has 0 fully saturated rings. The van der Waals surface area contributed by atoms with Crippen molar-refractivity contribution in [1.29, 1.82) is 0 Å². The van der Waals surface area contributed by atoms with E-state index >= 15 is 0 Å². The lowest BCUT2D eigenvalue weighted by Crippen LogP contribution is -2.20. The van der Waals surface area contributed by atoms with Crippen molar-refractivity contribution in [3.05, 3.63) is 118 Å². The third kappa shape index (κ3) is 5.40. The molecule has 0 spiro atoms. The summed E-state index contributed by atoms with van der Waals surface area (Å²) in [5.74, 6) is 1.25. The van der Waals surface area contributed by atoms with Crippen molar-refractivity contribution < 1.29 is 19.1 Å². The second kappa shape index (κ2) is 11.1. The number of carbonyl (C=O) groups is 2. The lowest BCUT2D eigenvalue weighted by molar-refractivity contribution is 0.0477. The fourth-order valence-corrected chi connectivity index (χ4v) is 6.96. The number of esters is 1. The van der Waals surface area contributed by atoms with Crippen LogP contribution in [0.25, 0.3) is 0 Å². The molecule has 4 aromatic rings. The van der Waals surface area contributed by atoms with Crippen LogP contribution >= 0.6 is 23.1 Å². The minimum absolute atomic E-state index is 0.0122. The molecule has 5 rings (SSSR count). The van der Waals surface area contributed by atoms with Crippen molar-refractivity contribution in [3.63, 3.8) is 0 Å². The summed E-state index contributed by atoms with van der Waals surface area (Å²) in [5.41, 5.74) is 4.71. The predicted octanol–water partition coefficient (Wildman–Crippen LogP) is 7.32. The van der Waals surface area contributed by atoms with Crippen molar-refractivity contribution in [3.8, 4) is 5.75 Å². The molecule has 0 saturated carbocycles. The van der Waals surface area contributed by atoms with Crippen LogP contribution in [0.2, 0.25) is 0 Å². The van der Waals surface area contributed by atoms with Gasteiger partial charge in [-0.05, 0) is 46.7 Å². The highest BCUT2D eigenvalue weighted by molar-refractivity contribution is 8.00. The van der Waals surface area contributed by atoms with Gasteiger partial charge in [0, 0.05) is 17.7 Å². The zero-order chi connectivity index (χ0) is 24.9. The van der Waals surface area contributed by atoms with Gasteiger partial charge in [-0.25, -0.2) is 4.79 Å². The molecule has 1 unspecified atom stereocenters. The van der Waals surface area contributed by atoms with Crippen LogP contribution < -0.4 is 4.74 Å². The molecule has 1 heterocycles. The first-order valence-electron chi connectivity index (χ1n) is 11.8. The van der Waals surface area contributed by atoms with Gasteiger partial charge in [0.1, 0.15) is 17.2 Å². The molecule has 0 amide bonds. The van der Waals surface area contributed by atoms with Gasteiger partial charge in [0.15, 0.2) is 5.78 Å². The van der Waals surface area contributed by atoms with Gasteiger partial charge >= 0.3 is 5.97 Å². The predicted molar refractivity (Wildman–Crippen MR) is 144 cm³/mol. The fraction of sp³-hybridized carbons (Fsp3) is 0.200. The molecule has 0 aliphatic heterocycles. The molecule has 6 heteroatoms. The highest BCUT2D eigenvalue weighted by Gasteiger charge is 2.35. The number of fused-ring (bicyclic) bond motifs is 1. The molecule has 3 aromatic carbocycles. The normalized spacial score (nSPS) is 14.8. The Balaban J connectivity index is 1.44. The molecular formula is C30H26O4S2. The molecular weight excluding hydrogens is 488 g/mol. The Bertz CT molecular complexity index is 1350. The van der Waals surface area contributed by atoms with E-state index in [4.69, 9.17) is 9.47 Å². The molecule has 0 saturated heterocycles. The van der Waals surface area contributed by atoms with Crippen molar-refractivity contribution in [1.82, 2.24) is 0 Å². The van der Waals surface area contributed by atoms with Gasteiger partial charge in [-0.2, -0.15) is 0 Å². The quantitative estimate of drug-likeness (QED) is 0.182. The van der Waals surface area contributed by atoms with Crippen LogP contribution in [-0.4, -0.2) is 18.9 Å². The maximum absolute atomic E-state index is 13.5. The first-order valence-corrected chi connectivity index (χ1v) is 13.6. The van der Waals surface area contributed by atoms with E-state index in [1.54, 1.807) is 18.9 Å². The molecule has 182 valence electrons. The molecule has 1 aliphatic carbocycles. The number of rotatable bonds is 8. The number of thiophene rings is 1. The zero-order valence-corrected chi connectivity index (χ0v) is 21.6. The van der Waals surface area contributed by atoms with Crippen LogP contribution in [0.15, 0.2) is 89.1 Å². The number of hydrogen-bond donors (Lipinski definition) is 0. The van der Waals surface area contributed by atoms with E-state index in [1.807, 2.05) is 72.8 Å². The number of carbonyl (C=O) groups excluding carboxylic acids is 2. The fourth-order valence-electron chi connectivity index (χ4n) is 4.45. The largest absolute Gasteiger partial charge is 0.497 e. The molecule has 1 atom stereocenters. The molecule has 4 nitrogen and oxygen atoms in total. The van der Waals surface area contributed by atoms with Gasteiger partial charge in [-0.1, -0.05) is 72.8 Å². The Kier molecular flexibility index (Phi) is 7.54. The van der Waals surface area contributed by atoms with Crippen LogP contribution in [0, 0.1) is 0 Å². The summed E-state index contributed by atoms with van der Waals surface area (Å²) in [6, 6.07) is 27.6. The number of benzene rings is 3. The molecule has 1 aromatic heterocycles. The lowest BCUT2D eigenvalue weighted by atomic mass is 9.80. The Hall–Kier alpha value is -3.35. The smallest absolute Gasteiger partial charge is 0.348 e. The van der Waals surface area contributed by atoms with Crippen molar-refractivity contribution in [2.75, 3.05) is 7.11 Å². The standard InChI is InChI=1S/C30H26O4S2/c1-33-24-14-12-22(13-15-24)23-16-25-27(26(31)17-23)30(35-19-21-10-6-3-7-11-21)36-28(25)29(32)34-18-20-8-4-2-5-9-20/h2-15,23H,16-19H2,1H3. The monoisotopic (exact) mass is 514 g/mol. The lowest BCUT2D eigenvalue weighted by Gasteiger charge is -2.23. The van der Waals surface area contributed by atoms with Gasteiger partial charge in [0.2, 0.25) is 0 Å². The average molecular weight is 515 g/mol. The van der Waals surface area contributed by atoms with Crippen molar-refractivity contribution >= 4 is 34.9 Å². The number of Topliss-reactive ketones (excluding diaryl/α,β-unsaturated/α-hetero) is 1. The maximum atomic E-state index is 13.5. The highest BCUT2D eigenvalue weighted by Crippen LogP contribution is 2.45. The van der Waals surface area contributed by atoms with Crippen LogP contribution in [0.1, 0.15) is 54.6 Å². The van der Waals surface area contributed by atoms with Gasteiger partial charge in [0.25, 0.3) is 0 Å². The maximum Gasteiger partial charge on any atom is 0.348 e. The second-order valence-corrected chi connectivity index (χ2v) is 11.0. The molecule has 36 heavy (non-hydrogen) atoms. The summed E-state index contributed by atoms with van der Waals surface area (Å²) in [5, 5.41) is 0. The second-order valence-electron chi connectivity index (χ2n) is 8.71. The number of methoxy groups -OCH3 is 1. The van der Waals surface area contributed by atoms with E-state index in [0.29, 0.717) is 23.3 Å². The highest BCUT2D eigenvalue weighted by atomic mass is 32.2. The van der Waals surface area contributed by atoms with E-state index < -0.39 is 0 Å². The molecule has 0 N–H and O–H groups in total. The average Bonchev–Trinajstić information content (AvgIpc) is 3.31. The van der Waals surface area contributed by atoms with Crippen LogP contribution in [0.5, 0.6) is 5.75 Å². The number of ether oxygens (including phenoxy) is 2. The van der Waals surface area contributed by atoms with Crippen LogP contribution in [0.4, 0.5) is 0 Å². The number of ketones is 1. The summed E-state index contributed by atoms with van der Waals surface area (Å²) in [6.07, 6.45) is 1.05.